The van der Waals surface area contributed by atoms with Gasteiger partial charge in [0, 0.05) is 11.1 Å². The normalized spacial score (nSPS) is 10.5. The van der Waals surface area contributed by atoms with Crippen LogP contribution < -0.4 is 20.9 Å². The van der Waals surface area contributed by atoms with E-state index in [2.05, 4.69) is 16.2 Å². The molecular formula is C18H18ClN3O4S. The summed E-state index contributed by atoms with van der Waals surface area (Å²) < 4.78 is 10.5. The highest BCUT2D eigenvalue weighted by Gasteiger charge is 2.07. The molecule has 0 fully saturated rings. The molecule has 27 heavy (non-hydrogen) atoms. The summed E-state index contributed by atoms with van der Waals surface area (Å²) in [6.45, 7) is 3.47. The van der Waals surface area contributed by atoms with Gasteiger partial charge in [0.25, 0.3) is 5.91 Å². The van der Waals surface area contributed by atoms with Crippen molar-refractivity contribution in [2.24, 2.45) is 0 Å². The SMILES string of the molecule is Cc1cc(OCC(=O)NNC(=S)NC(=O)C=Cc2ccco2)cc(C)c1Cl. The Morgan fingerprint density at radius 2 is 1.96 bits per heavy atom. The Hall–Kier alpha value is -2.84. The van der Waals surface area contributed by atoms with E-state index in [4.69, 9.17) is 33.0 Å². The van der Waals surface area contributed by atoms with Gasteiger partial charge in [-0.1, -0.05) is 11.6 Å². The summed E-state index contributed by atoms with van der Waals surface area (Å²) in [5.41, 5.74) is 6.46. The van der Waals surface area contributed by atoms with Crippen molar-refractivity contribution in [1.29, 1.82) is 0 Å². The summed E-state index contributed by atoms with van der Waals surface area (Å²) in [5.74, 6) is 0.121. The van der Waals surface area contributed by atoms with Crippen LogP contribution in [0.3, 0.4) is 0 Å². The van der Waals surface area contributed by atoms with Gasteiger partial charge in [-0.25, -0.2) is 0 Å². The van der Waals surface area contributed by atoms with Crippen LogP contribution in [0.4, 0.5) is 0 Å². The van der Waals surface area contributed by atoms with Crippen molar-refractivity contribution in [3.63, 3.8) is 0 Å². The van der Waals surface area contributed by atoms with E-state index < -0.39 is 11.8 Å². The smallest absolute Gasteiger partial charge is 0.276 e. The Bertz CT molecular complexity index is 842. The number of hydrazine groups is 1. The number of carbonyl (C=O) groups excluding carboxylic acids is 2. The maximum atomic E-state index is 11.8. The number of nitrogens with one attached hydrogen (secondary N) is 3. The molecule has 3 N–H and O–H groups in total. The van der Waals surface area contributed by atoms with E-state index >= 15 is 0 Å². The molecule has 0 spiro atoms. The van der Waals surface area contributed by atoms with Crippen molar-refractivity contribution in [2.45, 2.75) is 13.8 Å². The largest absolute Gasteiger partial charge is 0.484 e. The predicted molar refractivity (Wildman–Crippen MR) is 106 cm³/mol. The monoisotopic (exact) mass is 407 g/mol. The van der Waals surface area contributed by atoms with Crippen LogP contribution in [0, 0.1) is 13.8 Å². The molecule has 1 aromatic carbocycles. The quantitative estimate of drug-likeness (QED) is 0.401. The summed E-state index contributed by atoms with van der Waals surface area (Å²) >= 11 is 11.0. The summed E-state index contributed by atoms with van der Waals surface area (Å²) in [6, 6.07) is 6.89. The van der Waals surface area contributed by atoms with Gasteiger partial charge >= 0.3 is 0 Å². The second-order valence-electron chi connectivity index (χ2n) is 5.50. The number of benzene rings is 1. The maximum absolute atomic E-state index is 11.8. The molecule has 2 rings (SSSR count). The fourth-order valence-electron chi connectivity index (χ4n) is 2.03. The molecular weight excluding hydrogens is 390 g/mol. The average Bonchev–Trinajstić information content (AvgIpc) is 3.14. The lowest BCUT2D eigenvalue weighted by Gasteiger charge is -2.12. The average molecular weight is 408 g/mol. The number of ether oxygens (including phenoxy) is 1. The third-order valence-electron chi connectivity index (χ3n) is 3.27. The van der Waals surface area contributed by atoms with Gasteiger partial charge in [-0.3, -0.25) is 25.8 Å². The molecule has 0 aliphatic rings. The number of aryl methyl sites for hydroxylation is 2. The lowest BCUT2D eigenvalue weighted by atomic mass is 10.1. The number of halogens is 1. The highest BCUT2D eigenvalue weighted by molar-refractivity contribution is 7.80. The number of hydrogen-bond acceptors (Lipinski definition) is 5. The number of carbonyl (C=O) groups is 2. The summed E-state index contributed by atoms with van der Waals surface area (Å²) in [6.07, 6.45) is 4.23. The number of hydrogen-bond donors (Lipinski definition) is 3. The van der Waals surface area contributed by atoms with Crippen molar-refractivity contribution in [3.05, 3.63) is 58.5 Å². The first-order chi connectivity index (χ1) is 12.8. The Kier molecular flexibility index (Phi) is 7.39. The molecule has 1 aromatic heterocycles. The summed E-state index contributed by atoms with van der Waals surface area (Å²) in [7, 11) is 0. The Morgan fingerprint density at radius 1 is 1.26 bits per heavy atom. The Morgan fingerprint density at radius 3 is 2.59 bits per heavy atom. The van der Waals surface area contributed by atoms with Gasteiger partial charge in [0.2, 0.25) is 5.91 Å². The third kappa shape index (κ3) is 6.76. The fraction of sp³-hybridized carbons (Fsp3) is 0.167. The molecule has 2 amide bonds. The molecule has 0 aliphatic carbocycles. The van der Waals surface area contributed by atoms with Crippen LogP contribution in [0.15, 0.2) is 41.0 Å². The summed E-state index contributed by atoms with van der Waals surface area (Å²) in [5, 5.41) is 2.98. The minimum absolute atomic E-state index is 0.0596. The minimum atomic E-state index is -0.471. The maximum Gasteiger partial charge on any atom is 0.276 e. The van der Waals surface area contributed by atoms with Gasteiger partial charge in [0.15, 0.2) is 11.7 Å². The predicted octanol–water partition coefficient (Wildman–Crippen LogP) is 2.66. The van der Waals surface area contributed by atoms with E-state index in [-0.39, 0.29) is 11.7 Å². The van der Waals surface area contributed by atoms with E-state index in [9.17, 15) is 9.59 Å². The topological polar surface area (TPSA) is 92.6 Å². The molecule has 0 radical (unpaired) electrons. The molecule has 0 unspecified atom stereocenters. The van der Waals surface area contributed by atoms with E-state index in [1.807, 2.05) is 13.8 Å². The molecule has 1 heterocycles. The highest BCUT2D eigenvalue weighted by Crippen LogP contribution is 2.25. The third-order valence-corrected chi connectivity index (χ3v) is 4.07. The van der Waals surface area contributed by atoms with Crippen molar-refractivity contribution in [3.8, 4) is 5.75 Å². The number of rotatable bonds is 5. The van der Waals surface area contributed by atoms with Crippen LogP contribution in [0.1, 0.15) is 16.9 Å². The highest BCUT2D eigenvalue weighted by atomic mass is 35.5. The van der Waals surface area contributed by atoms with Gasteiger partial charge in [-0.2, -0.15) is 0 Å². The first-order valence-electron chi connectivity index (χ1n) is 7.86. The van der Waals surface area contributed by atoms with E-state index in [0.717, 1.165) is 11.1 Å². The van der Waals surface area contributed by atoms with E-state index in [1.165, 1.54) is 18.4 Å². The zero-order valence-electron chi connectivity index (χ0n) is 14.7. The van der Waals surface area contributed by atoms with Crippen LogP contribution in [-0.2, 0) is 9.59 Å². The van der Waals surface area contributed by atoms with Gasteiger partial charge in [-0.05, 0) is 67.5 Å². The van der Waals surface area contributed by atoms with Crippen LogP contribution in [-0.4, -0.2) is 23.5 Å². The lowest BCUT2D eigenvalue weighted by Crippen LogP contribution is -2.49. The second-order valence-corrected chi connectivity index (χ2v) is 6.29. The zero-order chi connectivity index (χ0) is 19.8. The van der Waals surface area contributed by atoms with Gasteiger partial charge in [0.1, 0.15) is 11.5 Å². The fourth-order valence-corrected chi connectivity index (χ4v) is 2.29. The molecule has 7 nitrogen and oxygen atoms in total. The molecule has 0 bridgehead atoms. The van der Waals surface area contributed by atoms with Gasteiger partial charge in [-0.15, -0.1) is 0 Å². The Balaban J connectivity index is 1.71. The number of furan rings is 1. The first kappa shape index (κ1) is 20.5. The van der Waals surface area contributed by atoms with Crippen LogP contribution in [0.2, 0.25) is 5.02 Å². The standard InChI is InChI=1S/C18H18ClN3O4S/c1-11-8-14(9-12(2)17(11)19)26-10-16(24)21-22-18(27)20-15(23)6-5-13-4-3-7-25-13/h3-9H,10H2,1-2H3,(H,21,24)(H2,20,22,23,27). The van der Waals surface area contributed by atoms with Gasteiger partial charge < -0.3 is 9.15 Å². The van der Waals surface area contributed by atoms with Crippen LogP contribution in [0.5, 0.6) is 5.75 Å². The molecule has 0 atom stereocenters. The van der Waals surface area contributed by atoms with Crippen LogP contribution in [0.25, 0.3) is 6.08 Å². The zero-order valence-corrected chi connectivity index (χ0v) is 16.2. The first-order valence-corrected chi connectivity index (χ1v) is 8.64. The van der Waals surface area contributed by atoms with Crippen molar-refractivity contribution >= 4 is 46.8 Å². The molecule has 2 aromatic rings. The minimum Gasteiger partial charge on any atom is -0.484 e. The van der Waals surface area contributed by atoms with Crippen molar-refractivity contribution in [2.75, 3.05) is 6.61 Å². The van der Waals surface area contributed by atoms with Crippen molar-refractivity contribution < 1.29 is 18.7 Å². The van der Waals surface area contributed by atoms with Gasteiger partial charge in [0.05, 0.1) is 6.26 Å². The molecule has 9 heteroatoms. The lowest BCUT2D eigenvalue weighted by molar-refractivity contribution is -0.123. The number of thiocarbonyl (C=S) groups is 1. The Labute approximate surface area is 166 Å². The second kappa shape index (κ2) is 9.75. The molecule has 0 aliphatic heterocycles. The molecule has 142 valence electrons. The number of amides is 2. The van der Waals surface area contributed by atoms with Crippen LogP contribution >= 0.6 is 23.8 Å². The van der Waals surface area contributed by atoms with E-state index in [0.29, 0.717) is 16.5 Å². The van der Waals surface area contributed by atoms with Crippen molar-refractivity contribution in [1.82, 2.24) is 16.2 Å². The molecule has 0 saturated heterocycles. The molecule has 0 saturated carbocycles. The summed E-state index contributed by atoms with van der Waals surface area (Å²) in [4.78, 5) is 23.5. The van der Waals surface area contributed by atoms with E-state index in [1.54, 1.807) is 24.3 Å².